The zero-order valence-electron chi connectivity index (χ0n) is 17.7. The van der Waals surface area contributed by atoms with Gasteiger partial charge in [0.2, 0.25) is 5.82 Å². The number of fused-ring (bicyclic) bond motifs is 1. The van der Waals surface area contributed by atoms with Gasteiger partial charge in [0.15, 0.2) is 5.82 Å². The van der Waals surface area contributed by atoms with Crippen LogP contribution in [-0.4, -0.2) is 37.6 Å². The molecule has 0 radical (unpaired) electrons. The predicted octanol–water partition coefficient (Wildman–Crippen LogP) is 5.38. The molecular weight excluding hydrogens is 418 g/mol. The minimum absolute atomic E-state index is 0.156. The minimum atomic E-state index is -0.247. The van der Waals surface area contributed by atoms with Crippen molar-refractivity contribution in [1.29, 1.82) is 0 Å². The molecule has 3 aromatic carbocycles. The lowest BCUT2D eigenvalue weighted by Crippen LogP contribution is -2.30. The van der Waals surface area contributed by atoms with E-state index in [9.17, 15) is 4.79 Å². The fraction of sp³-hybridized carbons (Fsp3) is 0.120. The van der Waals surface area contributed by atoms with E-state index >= 15 is 0 Å². The second-order valence-electron chi connectivity index (χ2n) is 7.48. The van der Waals surface area contributed by atoms with Gasteiger partial charge in [-0.3, -0.25) is 4.79 Å². The van der Waals surface area contributed by atoms with Gasteiger partial charge in [0.25, 0.3) is 5.91 Å². The average Bonchev–Trinajstić information content (AvgIpc) is 3.49. The van der Waals surface area contributed by atoms with Crippen molar-refractivity contribution in [2.45, 2.75) is 13.0 Å². The number of aromatic nitrogens is 4. The SMILES string of the molecule is CC(c1nc2ccccc2s1)N(C)C(=O)c1nc(-c2ccccc2)n(-c2ccccc2)n1. The van der Waals surface area contributed by atoms with E-state index in [1.54, 1.807) is 28.0 Å². The molecule has 1 unspecified atom stereocenters. The fourth-order valence-electron chi connectivity index (χ4n) is 3.49. The van der Waals surface area contributed by atoms with Gasteiger partial charge in [-0.2, -0.15) is 0 Å². The van der Waals surface area contributed by atoms with Gasteiger partial charge in [0.05, 0.1) is 21.9 Å². The van der Waals surface area contributed by atoms with E-state index in [0.29, 0.717) is 5.82 Å². The molecule has 2 heterocycles. The maximum absolute atomic E-state index is 13.4. The summed E-state index contributed by atoms with van der Waals surface area (Å²) in [7, 11) is 1.77. The van der Waals surface area contributed by atoms with Crippen LogP contribution in [0.25, 0.3) is 27.3 Å². The van der Waals surface area contributed by atoms with Gasteiger partial charge in [0, 0.05) is 12.6 Å². The first kappa shape index (κ1) is 20.1. The van der Waals surface area contributed by atoms with Gasteiger partial charge < -0.3 is 4.90 Å². The number of para-hydroxylation sites is 2. The summed E-state index contributed by atoms with van der Waals surface area (Å²) in [6.07, 6.45) is 0. The van der Waals surface area contributed by atoms with E-state index in [-0.39, 0.29) is 17.8 Å². The highest BCUT2D eigenvalue weighted by atomic mass is 32.1. The smallest absolute Gasteiger partial charge is 0.293 e. The number of carbonyl (C=O) groups excluding carboxylic acids is 1. The third kappa shape index (κ3) is 3.67. The van der Waals surface area contributed by atoms with Crippen LogP contribution in [0.4, 0.5) is 0 Å². The molecule has 5 rings (SSSR count). The lowest BCUT2D eigenvalue weighted by molar-refractivity contribution is 0.0730. The Kier molecular flexibility index (Phi) is 5.25. The van der Waals surface area contributed by atoms with Crippen LogP contribution in [0.3, 0.4) is 0 Å². The first-order chi connectivity index (χ1) is 15.6. The highest BCUT2D eigenvalue weighted by Gasteiger charge is 2.26. The molecule has 0 saturated carbocycles. The molecule has 1 amide bonds. The Labute approximate surface area is 189 Å². The maximum atomic E-state index is 13.4. The fourth-order valence-corrected chi connectivity index (χ4v) is 4.56. The standard InChI is InChI=1S/C25H21N5OS/c1-17(24-26-20-15-9-10-16-21(20)32-24)29(2)25(31)22-27-23(18-11-5-3-6-12-18)30(28-22)19-13-7-4-8-14-19/h3-17H,1-2H3. The monoisotopic (exact) mass is 439 g/mol. The van der Waals surface area contributed by atoms with E-state index in [2.05, 4.69) is 10.1 Å². The second-order valence-corrected chi connectivity index (χ2v) is 8.55. The molecule has 7 heteroatoms. The summed E-state index contributed by atoms with van der Waals surface area (Å²) >= 11 is 1.60. The topological polar surface area (TPSA) is 63.9 Å². The molecule has 0 spiro atoms. The number of carbonyl (C=O) groups is 1. The summed E-state index contributed by atoms with van der Waals surface area (Å²) < 4.78 is 2.83. The van der Waals surface area contributed by atoms with E-state index in [1.165, 1.54) is 0 Å². The van der Waals surface area contributed by atoms with Crippen LogP contribution < -0.4 is 0 Å². The van der Waals surface area contributed by atoms with Crippen LogP contribution in [0.5, 0.6) is 0 Å². The Morgan fingerprint density at radius 3 is 2.28 bits per heavy atom. The van der Waals surface area contributed by atoms with Gasteiger partial charge in [-0.15, -0.1) is 16.4 Å². The summed E-state index contributed by atoms with van der Waals surface area (Å²) in [5, 5.41) is 5.48. The van der Waals surface area contributed by atoms with Gasteiger partial charge in [-0.05, 0) is 31.2 Å². The van der Waals surface area contributed by atoms with Crippen LogP contribution in [0.1, 0.15) is 28.6 Å². The molecular formula is C25H21N5OS. The summed E-state index contributed by atoms with van der Waals surface area (Å²) in [6, 6.07) is 27.3. The Bertz CT molecular complexity index is 1290. The number of hydrogen-bond donors (Lipinski definition) is 0. The number of nitrogens with zero attached hydrogens (tertiary/aromatic N) is 5. The molecule has 0 fully saturated rings. The molecule has 0 bridgehead atoms. The molecule has 32 heavy (non-hydrogen) atoms. The number of thiazole rings is 1. The van der Waals surface area contributed by atoms with Crippen molar-refractivity contribution in [2.24, 2.45) is 0 Å². The Morgan fingerprint density at radius 1 is 0.906 bits per heavy atom. The zero-order valence-corrected chi connectivity index (χ0v) is 18.5. The third-order valence-corrected chi connectivity index (χ3v) is 6.61. The summed E-state index contributed by atoms with van der Waals surface area (Å²) in [5.41, 5.74) is 2.68. The molecule has 0 N–H and O–H groups in total. The van der Waals surface area contributed by atoms with Crippen molar-refractivity contribution in [3.63, 3.8) is 0 Å². The molecule has 0 aliphatic rings. The zero-order chi connectivity index (χ0) is 22.1. The maximum Gasteiger partial charge on any atom is 0.293 e. The molecule has 0 saturated heterocycles. The van der Waals surface area contributed by atoms with Crippen molar-refractivity contribution in [3.8, 4) is 17.1 Å². The first-order valence-corrected chi connectivity index (χ1v) is 11.1. The third-order valence-electron chi connectivity index (χ3n) is 5.40. The Hall–Kier alpha value is -3.84. The lowest BCUT2D eigenvalue weighted by atomic mass is 10.2. The van der Waals surface area contributed by atoms with Crippen molar-refractivity contribution in [2.75, 3.05) is 7.05 Å². The number of rotatable bonds is 5. The number of hydrogen-bond acceptors (Lipinski definition) is 5. The molecule has 2 aromatic heterocycles. The van der Waals surface area contributed by atoms with Gasteiger partial charge in [-0.1, -0.05) is 60.7 Å². The molecule has 158 valence electrons. The van der Waals surface area contributed by atoms with E-state index in [1.807, 2.05) is 91.9 Å². The van der Waals surface area contributed by atoms with Gasteiger partial charge in [0.1, 0.15) is 5.01 Å². The van der Waals surface area contributed by atoms with Crippen LogP contribution >= 0.6 is 11.3 Å². The van der Waals surface area contributed by atoms with Crippen molar-refractivity contribution in [3.05, 3.63) is 95.8 Å². The predicted molar refractivity (Wildman–Crippen MR) is 127 cm³/mol. The van der Waals surface area contributed by atoms with Crippen LogP contribution in [0.15, 0.2) is 84.9 Å². The van der Waals surface area contributed by atoms with E-state index < -0.39 is 0 Å². The normalized spacial score (nSPS) is 12.1. The van der Waals surface area contributed by atoms with Crippen molar-refractivity contribution in [1.82, 2.24) is 24.6 Å². The molecule has 5 aromatic rings. The van der Waals surface area contributed by atoms with Crippen LogP contribution in [0, 0.1) is 0 Å². The summed E-state index contributed by atoms with van der Waals surface area (Å²) in [4.78, 5) is 24.4. The highest BCUT2D eigenvalue weighted by Crippen LogP contribution is 2.30. The summed E-state index contributed by atoms with van der Waals surface area (Å²) in [5.74, 6) is 0.535. The van der Waals surface area contributed by atoms with Crippen LogP contribution in [0.2, 0.25) is 0 Å². The largest absolute Gasteiger partial charge is 0.330 e. The molecule has 1 atom stereocenters. The van der Waals surface area contributed by atoms with Crippen LogP contribution in [-0.2, 0) is 0 Å². The first-order valence-electron chi connectivity index (χ1n) is 10.3. The van der Waals surface area contributed by atoms with Crippen molar-refractivity contribution >= 4 is 27.5 Å². The van der Waals surface area contributed by atoms with E-state index in [0.717, 1.165) is 26.5 Å². The number of benzene rings is 3. The van der Waals surface area contributed by atoms with Gasteiger partial charge >= 0.3 is 0 Å². The molecule has 6 nitrogen and oxygen atoms in total. The lowest BCUT2D eigenvalue weighted by Gasteiger charge is -2.21. The highest BCUT2D eigenvalue weighted by molar-refractivity contribution is 7.18. The van der Waals surface area contributed by atoms with Crippen molar-refractivity contribution < 1.29 is 4.79 Å². The molecule has 0 aliphatic carbocycles. The van der Waals surface area contributed by atoms with Gasteiger partial charge in [-0.25, -0.2) is 14.6 Å². The quantitative estimate of drug-likeness (QED) is 0.369. The Balaban J connectivity index is 1.51. The minimum Gasteiger partial charge on any atom is -0.330 e. The average molecular weight is 440 g/mol. The summed E-state index contributed by atoms with van der Waals surface area (Å²) in [6.45, 7) is 1.97. The second kappa shape index (κ2) is 8.36. The molecule has 0 aliphatic heterocycles. The number of amides is 1. The van der Waals surface area contributed by atoms with E-state index in [4.69, 9.17) is 4.98 Å². The Morgan fingerprint density at radius 2 is 1.56 bits per heavy atom.